The van der Waals surface area contributed by atoms with Crippen LogP contribution in [0.25, 0.3) is 10.9 Å². The third-order valence-electron chi connectivity index (χ3n) is 5.05. The zero-order valence-electron chi connectivity index (χ0n) is 13.0. The summed E-state index contributed by atoms with van der Waals surface area (Å²) in [5, 5.41) is 11.9. The van der Waals surface area contributed by atoms with E-state index in [4.69, 9.17) is 4.74 Å². The fraction of sp³-hybridized carbons (Fsp3) is 0.471. The van der Waals surface area contributed by atoms with Crippen molar-refractivity contribution >= 4 is 32.9 Å². The number of rotatable bonds is 0. The smallest absolute Gasteiger partial charge is 0.410 e. The Balaban J connectivity index is 1.98. The van der Waals surface area contributed by atoms with Crippen LogP contribution in [0.4, 0.5) is 4.79 Å². The molecule has 0 spiro atoms. The summed E-state index contributed by atoms with van der Waals surface area (Å²) in [4.78, 5) is 14.0. The SMILES string of the molecule is COC(=O)N1CCc2c3n(c4cc(Br)ccc24)[C@@H](O)CCC[C@@H]31. The summed E-state index contributed by atoms with van der Waals surface area (Å²) in [6.07, 6.45) is 2.41. The Hall–Kier alpha value is -1.53. The van der Waals surface area contributed by atoms with Gasteiger partial charge >= 0.3 is 6.09 Å². The molecule has 5 nitrogen and oxygen atoms in total. The number of aliphatic hydroxyl groups is 1. The molecule has 6 heteroatoms. The van der Waals surface area contributed by atoms with Crippen LogP contribution in [0.2, 0.25) is 0 Å². The monoisotopic (exact) mass is 378 g/mol. The van der Waals surface area contributed by atoms with Crippen molar-refractivity contribution in [3.8, 4) is 0 Å². The molecule has 0 fully saturated rings. The molecular formula is C17H19BrN2O3. The molecule has 1 aromatic heterocycles. The Labute approximate surface area is 143 Å². The number of aromatic nitrogens is 1. The van der Waals surface area contributed by atoms with Crippen molar-refractivity contribution in [2.45, 2.75) is 38.0 Å². The van der Waals surface area contributed by atoms with Gasteiger partial charge in [-0.3, -0.25) is 4.90 Å². The number of fused-ring (bicyclic) bond motifs is 3. The first-order chi connectivity index (χ1) is 11.1. The maximum absolute atomic E-state index is 12.2. The summed E-state index contributed by atoms with van der Waals surface area (Å²) in [5.41, 5.74) is 3.38. The molecule has 2 atom stereocenters. The van der Waals surface area contributed by atoms with Crippen LogP contribution >= 0.6 is 15.9 Å². The van der Waals surface area contributed by atoms with Gasteiger partial charge in [-0.25, -0.2) is 4.79 Å². The molecule has 1 amide bonds. The van der Waals surface area contributed by atoms with E-state index in [1.807, 2.05) is 15.5 Å². The van der Waals surface area contributed by atoms with Crippen LogP contribution in [-0.2, 0) is 11.2 Å². The molecule has 0 saturated carbocycles. The van der Waals surface area contributed by atoms with E-state index in [2.05, 4.69) is 28.1 Å². The van der Waals surface area contributed by atoms with E-state index in [0.29, 0.717) is 13.0 Å². The fourth-order valence-corrected chi connectivity index (χ4v) is 4.45. The van der Waals surface area contributed by atoms with E-state index < -0.39 is 6.23 Å². The summed E-state index contributed by atoms with van der Waals surface area (Å²) >= 11 is 3.53. The molecule has 0 unspecified atom stereocenters. The largest absolute Gasteiger partial charge is 0.453 e. The molecule has 122 valence electrons. The molecule has 2 aliphatic rings. The second-order valence-electron chi connectivity index (χ2n) is 6.24. The number of aliphatic hydroxyl groups excluding tert-OH is 1. The van der Waals surface area contributed by atoms with Crippen LogP contribution < -0.4 is 0 Å². The third kappa shape index (κ3) is 2.19. The van der Waals surface area contributed by atoms with Crippen molar-refractivity contribution in [2.75, 3.05) is 13.7 Å². The summed E-state index contributed by atoms with van der Waals surface area (Å²) in [7, 11) is 1.43. The minimum atomic E-state index is -0.543. The Morgan fingerprint density at radius 2 is 2.22 bits per heavy atom. The van der Waals surface area contributed by atoms with Crippen molar-refractivity contribution in [3.05, 3.63) is 33.9 Å². The quantitative estimate of drug-likeness (QED) is 0.759. The normalized spacial score (nSPS) is 23.5. The van der Waals surface area contributed by atoms with Gasteiger partial charge in [0.15, 0.2) is 0 Å². The van der Waals surface area contributed by atoms with Crippen LogP contribution in [0, 0.1) is 0 Å². The Morgan fingerprint density at radius 1 is 1.39 bits per heavy atom. The van der Waals surface area contributed by atoms with Crippen molar-refractivity contribution in [1.82, 2.24) is 9.47 Å². The predicted octanol–water partition coefficient (Wildman–Crippen LogP) is 3.74. The van der Waals surface area contributed by atoms with Crippen LogP contribution in [0.1, 0.15) is 42.8 Å². The zero-order valence-corrected chi connectivity index (χ0v) is 14.5. The average molecular weight is 379 g/mol. The summed E-state index contributed by atoms with van der Waals surface area (Å²) in [5.74, 6) is 0. The molecule has 0 aliphatic carbocycles. The first kappa shape index (κ1) is 15.0. The van der Waals surface area contributed by atoms with E-state index in [1.165, 1.54) is 18.1 Å². The minimum absolute atomic E-state index is 0.0190. The summed E-state index contributed by atoms with van der Waals surface area (Å²) in [6.45, 7) is 0.662. The number of carbonyl (C=O) groups is 1. The van der Waals surface area contributed by atoms with Crippen molar-refractivity contribution < 1.29 is 14.6 Å². The lowest BCUT2D eigenvalue weighted by Crippen LogP contribution is -2.40. The highest BCUT2D eigenvalue weighted by molar-refractivity contribution is 9.10. The van der Waals surface area contributed by atoms with Gasteiger partial charge in [-0.2, -0.15) is 0 Å². The van der Waals surface area contributed by atoms with Gasteiger partial charge < -0.3 is 14.4 Å². The number of halogens is 1. The lowest BCUT2D eigenvalue weighted by molar-refractivity contribution is 0.0909. The average Bonchev–Trinajstić information content (AvgIpc) is 2.76. The molecule has 2 aromatic rings. The van der Waals surface area contributed by atoms with E-state index in [-0.39, 0.29) is 12.1 Å². The van der Waals surface area contributed by atoms with Crippen molar-refractivity contribution in [2.24, 2.45) is 0 Å². The van der Waals surface area contributed by atoms with Crippen molar-refractivity contribution in [1.29, 1.82) is 0 Å². The fourth-order valence-electron chi connectivity index (χ4n) is 4.10. The van der Waals surface area contributed by atoms with Gasteiger partial charge in [0, 0.05) is 22.1 Å². The van der Waals surface area contributed by atoms with Crippen LogP contribution in [-0.4, -0.2) is 34.3 Å². The molecule has 4 rings (SSSR count). The van der Waals surface area contributed by atoms with Gasteiger partial charge in [0.05, 0.1) is 18.7 Å². The maximum atomic E-state index is 12.2. The molecule has 0 bridgehead atoms. The molecule has 1 N–H and O–H groups in total. The number of methoxy groups -OCH3 is 1. The lowest BCUT2D eigenvalue weighted by Gasteiger charge is -2.35. The van der Waals surface area contributed by atoms with Gasteiger partial charge in [0.1, 0.15) is 6.23 Å². The summed E-state index contributed by atoms with van der Waals surface area (Å²) in [6, 6.07) is 6.18. The highest BCUT2D eigenvalue weighted by Gasteiger charge is 2.38. The number of hydrogen-bond donors (Lipinski definition) is 1. The van der Waals surface area contributed by atoms with E-state index in [9.17, 15) is 9.90 Å². The number of benzene rings is 1. The van der Waals surface area contributed by atoms with E-state index in [0.717, 1.165) is 34.9 Å². The van der Waals surface area contributed by atoms with E-state index in [1.54, 1.807) is 0 Å². The Bertz CT molecular complexity index is 786. The predicted molar refractivity (Wildman–Crippen MR) is 90.3 cm³/mol. The Morgan fingerprint density at radius 3 is 3.00 bits per heavy atom. The van der Waals surface area contributed by atoms with Crippen LogP contribution in [0.15, 0.2) is 22.7 Å². The number of nitrogens with zero attached hydrogens (tertiary/aromatic N) is 2. The number of ether oxygens (including phenoxy) is 1. The second-order valence-corrected chi connectivity index (χ2v) is 7.15. The molecule has 0 saturated heterocycles. The molecule has 3 heterocycles. The molecule has 1 aromatic carbocycles. The molecule has 23 heavy (non-hydrogen) atoms. The van der Waals surface area contributed by atoms with E-state index >= 15 is 0 Å². The molecule has 2 aliphatic heterocycles. The van der Waals surface area contributed by atoms with Gasteiger partial charge in [-0.15, -0.1) is 0 Å². The maximum Gasteiger partial charge on any atom is 0.410 e. The number of amides is 1. The first-order valence-corrected chi connectivity index (χ1v) is 8.76. The minimum Gasteiger partial charge on any atom is -0.453 e. The topological polar surface area (TPSA) is 54.7 Å². The second kappa shape index (κ2) is 5.53. The number of carbonyl (C=O) groups excluding carboxylic acids is 1. The third-order valence-corrected chi connectivity index (χ3v) is 5.55. The first-order valence-electron chi connectivity index (χ1n) is 7.96. The van der Waals surface area contributed by atoms with Gasteiger partial charge in [-0.1, -0.05) is 22.0 Å². The summed E-state index contributed by atoms with van der Waals surface area (Å²) < 4.78 is 7.99. The number of hydrogen-bond acceptors (Lipinski definition) is 3. The van der Waals surface area contributed by atoms with Gasteiger partial charge in [0.2, 0.25) is 0 Å². The molecular weight excluding hydrogens is 360 g/mol. The highest BCUT2D eigenvalue weighted by atomic mass is 79.9. The molecule has 0 radical (unpaired) electrons. The van der Waals surface area contributed by atoms with Crippen LogP contribution in [0.5, 0.6) is 0 Å². The van der Waals surface area contributed by atoms with Gasteiger partial charge in [-0.05, 0) is 43.4 Å². The standard InChI is InChI=1S/C17H19BrN2O3/c1-23-17(22)19-8-7-12-11-6-5-10(18)9-14(11)20-15(21)4-2-3-13(19)16(12)20/h5-6,9,13,15,21H,2-4,7-8H2,1H3/t13-,15-/m0/s1. The van der Waals surface area contributed by atoms with Gasteiger partial charge in [0.25, 0.3) is 0 Å². The van der Waals surface area contributed by atoms with Crippen molar-refractivity contribution in [3.63, 3.8) is 0 Å². The lowest BCUT2D eigenvalue weighted by atomic mass is 9.95. The zero-order chi connectivity index (χ0) is 16.1. The van der Waals surface area contributed by atoms with Crippen LogP contribution in [0.3, 0.4) is 0 Å². The highest BCUT2D eigenvalue weighted by Crippen LogP contribution is 2.44. The Kier molecular flexibility index (Phi) is 3.61.